The van der Waals surface area contributed by atoms with Crippen LogP contribution in [0, 0.1) is 22.7 Å². The Balaban J connectivity index is 0.000000683. The maximum Gasteiger partial charge on any atom is 0.490 e. The molecule has 6 rings (SSSR count). The Kier molecular flexibility index (Phi) is 19.9. The van der Waals surface area contributed by atoms with Gasteiger partial charge in [0.05, 0.1) is 10.8 Å². The Bertz CT molecular complexity index is 2070. The van der Waals surface area contributed by atoms with E-state index in [1.165, 1.54) is 11.1 Å². The highest BCUT2D eigenvalue weighted by molar-refractivity contribution is 5.77. The first-order valence-corrected chi connectivity index (χ1v) is 24.0. The van der Waals surface area contributed by atoms with Crippen LogP contribution in [0.2, 0.25) is 0 Å². The summed E-state index contributed by atoms with van der Waals surface area (Å²) in [5, 5.41) is 44.1. The average molecular weight is 1020 g/mol. The number of rotatable bonds is 17. The maximum absolute atomic E-state index is 12.7. The lowest BCUT2D eigenvalue weighted by Crippen LogP contribution is -2.52. The van der Waals surface area contributed by atoms with Crippen molar-refractivity contribution in [3.05, 3.63) is 58.7 Å². The molecule has 1 amide bonds. The summed E-state index contributed by atoms with van der Waals surface area (Å²) in [7, 11) is 0. The zero-order valence-electron chi connectivity index (χ0n) is 40.6. The van der Waals surface area contributed by atoms with Gasteiger partial charge in [0.2, 0.25) is 0 Å². The van der Waals surface area contributed by atoms with Crippen LogP contribution in [0.5, 0.6) is 11.5 Å². The molecule has 2 aromatic rings. The zero-order chi connectivity index (χ0) is 53.0. The number of esters is 1. The third-order valence-corrected chi connectivity index (χ3v) is 15.1. The number of unbranched alkanes of at least 4 members (excludes halogenated alkanes) is 1. The quantitative estimate of drug-likeness (QED) is 0.0339. The van der Waals surface area contributed by atoms with E-state index in [0.29, 0.717) is 43.7 Å². The Labute approximate surface area is 408 Å². The van der Waals surface area contributed by atoms with Crippen LogP contribution in [-0.4, -0.2) is 101 Å². The molecule has 0 aromatic heterocycles. The second kappa shape index (κ2) is 24.3. The molecule has 7 N–H and O–H groups in total. The number of carboxylic acid groups (broad SMARTS) is 4. The number of alkyl halides is 6. The number of fused-ring (bicyclic) bond motifs is 6. The van der Waals surface area contributed by atoms with Gasteiger partial charge in [0, 0.05) is 13.0 Å². The lowest BCUT2D eigenvalue weighted by Gasteiger charge is -2.53. The van der Waals surface area contributed by atoms with Crippen LogP contribution in [-0.2, 0) is 47.6 Å². The van der Waals surface area contributed by atoms with Crippen molar-refractivity contribution >= 4 is 35.9 Å². The molecule has 0 unspecified atom stereocenters. The predicted molar refractivity (Wildman–Crippen MR) is 246 cm³/mol. The minimum absolute atomic E-state index is 0.0463. The molecule has 6 atom stereocenters. The van der Waals surface area contributed by atoms with Gasteiger partial charge in [-0.25, -0.2) is 14.4 Å². The Morgan fingerprint density at radius 2 is 0.972 bits per heavy atom. The van der Waals surface area contributed by atoms with Crippen LogP contribution in [0.3, 0.4) is 0 Å². The van der Waals surface area contributed by atoms with Crippen molar-refractivity contribution in [1.29, 1.82) is 0 Å². The molecular weight excluding hydrogens is 949 g/mol. The number of aryl methyl sites for hydroxylation is 2. The zero-order valence-corrected chi connectivity index (χ0v) is 40.6. The number of benzene rings is 2. The summed E-state index contributed by atoms with van der Waals surface area (Å²) in [6.45, 7) is 12.0. The van der Waals surface area contributed by atoms with Crippen molar-refractivity contribution in [1.82, 2.24) is 16.0 Å². The van der Waals surface area contributed by atoms with Crippen molar-refractivity contribution in [3.63, 3.8) is 0 Å². The third kappa shape index (κ3) is 14.8. The number of nitrogens with one attached hydrogen (secondary N) is 3. The lowest BCUT2D eigenvalue weighted by molar-refractivity contribution is -0.193. The van der Waals surface area contributed by atoms with E-state index in [2.05, 4.69) is 35.9 Å². The summed E-state index contributed by atoms with van der Waals surface area (Å²) in [6.07, 6.45) is 1.59. The highest BCUT2D eigenvalue weighted by Gasteiger charge is 2.56. The van der Waals surface area contributed by atoms with Crippen LogP contribution in [0.1, 0.15) is 133 Å². The van der Waals surface area contributed by atoms with Gasteiger partial charge < -0.3 is 45.9 Å². The van der Waals surface area contributed by atoms with Crippen molar-refractivity contribution in [2.24, 2.45) is 22.7 Å². The second-order valence-electron chi connectivity index (χ2n) is 19.9. The van der Waals surface area contributed by atoms with E-state index in [9.17, 15) is 55.7 Å². The molecule has 0 aliphatic heterocycles. The number of halogens is 6. The molecule has 396 valence electrons. The van der Waals surface area contributed by atoms with Crippen molar-refractivity contribution in [2.75, 3.05) is 32.7 Å². The smallest absolute Gasteiger partial charge is 0.481 e. The van der Waals surface area contributed by atoms with Gasteiger partial charge in [0.15, 0.2) is 0 Å². The first kappa shape index (κ1) is 58.1. The van der Waals surface area contributed by atoms with E-state index < -0.39 is 53.2 Å². The Morgan fingerprint density at radius 1 is 0.577 bits per heavy atom. The number of carbonyl (C=O) groups excluding carboxylic acids is 2. The minimum atomic E-state index is -5.08. The highest BCUT2D eigenvalue weighted by Crippen LogP contribution is 2.59. The van der Waals surface area contributed by atoms with Gasteiger partial charge in [0.25, 0.3) is 0 Å². The highest BCUT2D eigenvalue weighted by atomic mass is 19.4. The van der Waals surface area contributed by atoms with Crippen LogP contribution in [0.15, 0.2) is 36.4 Å². The number of hydrogen-bond acceptors (Lipinski definition) is 10. The molecule has 2 fully saturated rings. The standard InChI is InChI=1S/C46H65N3O8.2C2HF3O2/c1-43-20-8-22-45(3,40(51)52)37(43)18-14-31-12-16-33(29-35(31)43)56-39(50)11-7-26-47-24-5-6-25-48-27-10-28-49-42(55)57-34-17-13-32-15-19-38-44(2,36(32)30-34)21-9-23-46(38,4)41(53)54;2*3-2(4,5)1(6)7/h12-13,16-17,29-30,37-38,47-48H,5-11,14-15,18-28H2,1-4H3,(H,49,55)(H,51,52)(H,53,54);2*(H,6,7)/t37-,38+,43-,44+,45-,46-;;/m0../s1. The van der Waals surface area contributed by atoms with Gasteiger partial charge in [-0.2, -0.15) is 26.3 Å². The van der Waals surface area contributed by atoms with Crippen molar-refractivity contribution < 1.29 is 85.0 Å². The van der Waals surface area contributed by atoms with Gasteiger partial charge in [-0.3, -0.25) is 14.4 Å². The summed E-state index contributed by atoms with van der Waals surface area (Å²) < 4.78 is 74.9. The molecule has 0 radical (unpaired) electrons. The average Bonchev–Trinajstić information content (AvgIpc) is 3.27. The largest absolute Gasteiger partial charge is 0.490 e. The van der Waals surface area contributed by atoms with E-state index in [4.69, 9.17) is 29.3 Å². The number of amides is 1. The van der Waals surface area contributed by atoms with E-state index in [-0.39, 0.29) is 28.6 Å². The first-order valence-electron chi connectivity index (χ1n) is 24.0. The van der Waals surface area contributed by atoms with E-state index >= 15 is 0 Å². The maximum atomic E-state index is 12.7. The number of ether oxygens (including phenoxy) is 2. The molecule has 0 bridgehead atoms. The van der Waals surface area contributed by atoms with Crippen molar-refractivity contribution in [2.45, 2.75) is 147 Å². The van der Waals surface area contributed by atoms with Gasteiger partial charge >= 0.3 is 48.3 Å². The summed E-state index contributed by atoms with van der Waals surface area (Å²) in [5.74, 6) is -6.04. The van der Waals surface area contributed by atoms with Crippen LogP contribution < -0.4 is 25.4 Å². The molecule has 15 nitrogen and oxygen atoms in total. The molecule has 2 saturated carbocycles. The van der Waals surface area contributed by atoms with Crippen molar-refractivity contribution in [3.8, 4) is 11.5 Å². The molecule has 0 heterocycles. The molecular formula is C50H67F6N3O12. The van der Waals surface area contributed by atoms with E-state index in [0.717, 1.165) is 108 Å². The lowest BCUT2D eigenvalue weighted by atomic mass is 9.50. The number of hydrogen-bond donors (Lipinski definition) is 7. The summed E-state index contributed by atoms with van der Waals surface area (Å²) in [6, 6.07) is 11.8. The predicted octanol–water partition coefficient (Wildman–Crippen LogP) is 8.97. The SMILES string of the molecule is C[C@@]12CCC[C@](C)(C(=O)O)[C@H]1CCc1ccc(OC(=O)CCCNCCCCNCCCNC(=O)Oc3ccc4c(c3)[C@@]3(C)CCC[C@](C)(C(=O)O)[C@@H]3CC4)cc12.O=C(O)C(F)(F)F.O=C(O)C(F)(F)F. The molecule has 0 saturated heterocycles. The molecule has 21 heteroatoms. The van der Waals surface area contributed by atoms with Crippen LogP contribution in [0.4, 0.5) is 31.1 Å². The van der Waals surface area contributed by atoms with Gasteiger partial charge in [-0.1, -0.05) is 38.8 Å². The summed E-state index contributed by atoms with van der Waals surface area (Å²) in [4.78, 5) is 67.6. The fourth-order valence-corrected chi connectivity index (χ4v) is 11.4. The van der Waals surface area contributed by atoms with Crippen LogP contribution >= 0.6 is 0 Å². The molecule has 0 spiro atoms. The van der Waals surface area contributed by atoms with Crippen LogP contribution in [0.25, 0.3) is 0 Å². The fraction of sp³-hybridized carbons (Fsp3) is 0.640. The number of aliphatic carboxylic acids is 4. The minimum Gasteiger partial charge on any atom is -0.481 e. The summed E-state index contributed by atoms with van der Waals surface area (Å²) in [5.41, 5.74) is 2.75. The number of carbonyl (C=O) groups is 6. The molecule has 2 aromatic carbocycles. The Hall–Kier alpha value is -5.44. The third-order valence-electron chi connectivity index (χ3n) is 15.1. The number of carboxylic acids is 4. The van der Waals surface area contributed by atoms with E-state index in [1.807, 2.05) is 44.2 Å². The van der Waals surface area contributed by atoms with Gasteiger partial charge in [-0.15, -0.1) is 0 Å². The van der Waals surface area contributed by atoms with Gasteiger partial charge in [-0.05, 0) is 186 Å². The van der Waals surface area contributed by atoms with E-state index in [1.54, 1.807) is 0 Å². The monoisotopic (exact) mass is 1020 g/mol. The molecule has 4 aliphatic rings. The molecule has 71 heavy (non-hydrogen) atoms. The Morgan fingerprint density at radius 3 is 1.38 bits per heavy atom. The fourth-order valence-electron chi connectivity index (χ4n) is 11.4. The first-order chi connectivity index (χ1) is 33.1. The second-order valence-corrected chi connectivity index (χ2v) is 19.9. The normalized spacial score (nSPS) is 25.4. The molecule has 4 aliphatic carbocycles. The topological polar surface area (TPSA) is 238 Å². The summed E-state index contributed by atoms with van der Waals surface area (Å²) >= 11 is 0. The van der Waals surface area contributed by atoms with Gasteiger partial charge in [0.1, 0.15) is 11.5 Å².